The number of aryl methyl sites for hydroxylation is 3. The molecule has 0 aliphatic heterocycles. The van der Waals surface area contributed by atoms with Gasteiger partial charge in [-0.15, -0.1) is 0 Å². The van der Waals surface area contributed by atoms with Gasteiger partial charge in [-0.25, -0.2) is 9.97 Å². The molecule has 0 aliphatic rings. The highest BCUT2D eigenvalue weighted by Gasteiger charge is 2.11. The number of rotatable bonds is 1. The van der Waals surface area contributed by atoms with Crippen LogP contribution in [-0.4, -0.2) is 29.1 Å². The topological polar surface area (TPSA) is 60.9 Å². The summed E-state index contributed by atoms with van der Waals surface area (Å²) in [7, 11) is 0. The Morgan fingerprint density at radius 1 is 0.952 bits per heavy atom. The summed E-state index contributed by atoms with van der Waals surface area (Å²) in [6.45, 7) is 6.15. The van der Waals surface area contributed by atoms with Crippen LogP contribution in [0.4, 0.5) is 0 Å². The molecule has 3 heterocycles. The van der Waals surface area contributed by atoms with E-state index >= 15 is 0 Å². The summed E-state index contributed by atoms with van der Waals surface area (Å²) in [4.78, 5) is 13.0. The molecule has 0 spiro atoms. The van der Waals surface area contributed by atoms with Crippen LogP contribution in [0.2, 0.25) is 0 Å². The van der Waals surface area contributed by atoms with Gasteiger partial charge in [-0.1, -0.05) is 0 Å². The first kappa shape index (κ1) is 12.0. The molecule has 0 N–H and O–H groups in total. The highest BCUT2D eigenvalue weighted by atomic mass is 15.4. The van der Waals surface area contributed by atoms with Crippen LogP contribution >= 0.6 is 0 Å². The normalized spacial score (nSPS) is 11.6. The van der Waals surface area contributed by atoms with Gasteiger partial charge in [-0.05, 0) is 44.0 Å². The van der Waals surface area contributed by atoms with Crippen molar-refractivity contribution in [2.45, 2.75) is 20.8 Å². The van der Waals surface area contributed by atoms with Gasteiger partial charge in [-0.2, -0.15) is 14.6 Å². The second-order valence-electron chi connectivity index (χ2n) is 5.27. The van der Waals surface area contributed by atoms with E-state index in [-0.39, 0.29) is 0 Å². The molecule has 0 fully saturated rings. The molecule has 0 atom stereocenters. The average Bonchev–Trinajstić information content (AvgIpc) is 3.05. The van der Waals surface area contributed by atoms with Crippen molar-refractivity contribution < 1.29 is 0 Å². The van der Waals surface area contributed by atoms with E-state index in [0.717, 1.165) is 22.5 Å². The van der Waals surface area contributed by atoms with Crippen LogP contribution in [0.1, 0.15) is 16.8 Å². The van der Waals surface area contributed by atoms with Crippen LogP contribution in [0.3, 0.4) is 0 Å². The molecule has 0 unspecified atom stereocenters. The number of hydrogen-bond donors (Lipinski definition) is 0. The summed E-state index contributed by atoms with van der Waals surface area (Å²) in [5.74, 6) is 1.48. The monoisotopic (exact) mass is 278 g/mol. The molecule has 4 aromatic rings. The average molecular weight is 278 g/mol. The Kier molecular flexibility index (Phi) is 2.35. The van der Waals surface area contributed by atoms with Gasteiger partial charge >= 0.3 is 0 Å². The molecule has 6 nitrogen and oxygen atoms in total. The van der Waals surface area contributed by atoms with E-state index in [1.54, 1.807) is 4.52 Å². The first-order valence-corrected chi connectivity index (χ1v) is 6.75. The summed E-state index contributed by atoms with van der Waals surface area (Å²) in [6, 6.07) is 6.24. The molecule has 0 saturated heterocycles. The third kappa shape index (κ3) is 1.72. The predicted octanol–water partition coefficient (Wildman–Crippen LogP) is 2.39. The van der Waals surface area contributed by atoms with Crippen LogP contribution < -0.4 is 0 Å². The van der Waals surface area contributed by atoms with Crippen molar-refractivity contribution in [1.29, 1.82) is 0 Å². The summed E-state index contributed by atoms with van der Waals surface area (Å²) in [5.41, 5.74) is 5.41. The van der Waals surface area contributed by atoms with Gasteiger partial charge < -0.3 is 0 Å². The van der Waals surface area contributed by atoms with Gasteiger partial charge in [0.15, 0.2) is 0 Å². The van der Waals surface area contributed by atoms with E-state index in [4.69, 9.17) is 0 Å². The lowest BCUT2D eigenvalue weighted by molar-refractivity contribution is 0.857. The minimum Gasteiger partial charge on any atom is -0.283 e. The minimum atomic E-state index is 0.593. The Hall–Kier alpha value is -2.76. The van der Waals surface area contributed by atoms with Crippen molar-refractivity contribution in [2.75, 3.05) is 0 Å². The lowest BCUT2D eigenvalue weighted by atomic mass is 10.1. The molecule has 0 amide bonds. The van der Waals surface area contributed by atoms with Gasteiger partial charge in [0.05, 0.1) is 11.0 Å². The van der Waals surface area contributed by atoms with Gasteiger partial charge in [0.1, 0.15) is 18.5 Å². The van der Waals surface area contributed by atoms with Crippen molar-refractivity contribution in [1.82, 2.24) is 29.1 Å². The van der Waals surface area contributed by atoms with E-state index in [0.29, 0.717) is 5.78 Å². The van der Waals surface area contributed by atoms with Crippen molar-refractivity contribution in [3.05, 3.63) is 47.7 Å². The molecule has 0 aliphatic carbocycles. The number of imidazole rings is 1. The molecule has 4 rings (SSSR count). The Bertz CT molecular complexity index is 979. The maximum atomic E-state index is 4.50. The highest BCUT2D eigenvalue weighted by molar-refractivity contribution is 5.79. The Morgan fingerprint density at radius 2 is 1.76 bits per heavy atom. The maximum absolute atomic E-state index is 4.50. The molecule has 0 bridgehead atoms. The molecule has 104 valence electrons. The molecule has 1 aromatic carbocycles. The van der Waals surface area contributed by atoms with Crippen LogP contribution in [0.5, 0.6) is 0 Å². The van der Waals surface area contributed by atoms with E-state index < -0.39 is 0 Å². The van der Waals surface area contributed by atoms with Gasteiger partial charge in [-0.3, -0.25) is 4.57 Å². The lowest BCUT2D eigenvalue weighted by Crippen LogP contribution is -2.05. The van der Waals surface area contributed by atoms with Gasteiger partial charge in [0.25, 0.3) is 5.78 Å². The van der Waals surface area contributed by atoms with Crippen LogP contribution in [0.25, 0.3) is 22.6 Å². The van der Waals surface area contributed by atoms with E-state index in [1.165, 1.54) is 17.5 Å². The molecule has 3 aromatic heterocycles. The van der Waals surface area contributed by atoms with Crippen molar-refractivity contribution >= 4 is 16.8 Å². The summed E-state index contributed by atoms with van der Waals surface area (Å²) < 4.78 is 3.75. The zero-order valence-electron chi connectivity index (χ0n) is 12.1. The molecular formula is C15H14N6. The summed E-state index contributed by atoms with van der Waals surface area (Å²) in [6.07, 6.45) is 3.33. The van der Waals surface area contributed by atoms with Crippen molar-refractivity contribution in [3.8, 4) is 5.82 Å². The molecule has 0 radical (unpaired) electrons. The quantitative estimate of drug-likeness (QED) is 0.536. The fraction of sp³-hybridized carbons (Fsp3) is 0.200. The Labute approximate surface area is 121 Å². The van der Waals surface area contributed by atoms with Gasteiger partial charge in [0, 0.05) is 11.8 Å². The van der Waals surface area contributed by atoms with Crippen LogP contribution in [-0.2, 0) is 0 Å². The smallest absolute Gasteiger partial charge is 0.254 e. The third-order valence-electron chi connectivity index (χ3n) is 3.77. The molecular weight excluding hydrogens is 264 g/mol. The Morgan fingerprint density at radius 3 is 2.62 bits per heavy atom. The third-order valence-corrected chi connectivity index (χ3v) is 3.77. The van der Waals surface area contributed by atoms with Gasteiger partial charge in [0.2, 0.25) is 0 Å². The zero-order chi connectivity index (χ0) is 14.6. The van der Waals surface area contributed by atoms with Crippen LogP contribution in [0, 0.1) is 20.8 Å². The first-order chi connectivity index (χ1) is 10.1. The van der Waals surface area contributed by atoms with E-state index in [9.17, 15) is 0 Å². The second-order valence-corrected chi connectivity index (χ2v) is 5.27. The largest absolute Gasteiger partial charge is 0.283 e. The minimum absolute atomic E-state index is 0.593. The number of fused-ring (bicyclic) bond motifs is 2. The van der Waals surface area contributed by atoms with E-state index in [2.05, 4.69) is 46.0 Å². The fourth-order valence-corrected chi connectivity index (χ4v) is 2.53. The number of nitrogens with zero attached hydrogens (tertiary/aromatic N) is 6. The second kappa shape index (κ2) is 4.12. The number of aromatic nitrogens is 6. The number of benzene rings is 1. The first-order valence-electron chi connectivity index (χ1n) is 6.75. The number of hydrogen-bond acceptors (Lipinski definition) is 4. The maximum Gasteiger partial charge on any atom is 0.254 e. The van der Waals surface area contributed by atoms with Crippen molar-refractivity contribution in [3.63, 3.8) is 0 Å². The molecule has 6 heteroatoms. The fourth-order valence-electron chi connectivity index (χ4n) is 2.53. The molecule has 0 saturated carbocycles. The SMILES string of the molecule is Cc1cc(-n2cnc3cc(C)c(C)cc32)n2ncnc2n1. The van der Waals surface area contributed by atoms with E-state index in [1.807, 2.05) is 23.9 Å². The standard InChI is InChI=1S/C15H14N6/c1-9-4-12-13(5-10(9)2)20(8-17-12)14-6-11(3)19-15-16-7-18-21(14)15/h4-8H,1-3H3. The molecule has 21 heavy (non-hydrogen) atoms. The summed E-state index contributed by atoms with van der Waals surface area (Å²) in [5, 5.41) is 4.26. The summed E-state index contributed by atoms with van der Waals surface area (Å²) >= 11 is 0. The van der Waals surface area contributed by atoms with Crippen molar-refractivity contribution in [2.24, 2.45) is 0 Å². The zero-order valence-corrected chi connectivity index (χ0v) is 12.1. The highest BCUT2D eigenvalue weighted by Crippen LogP contribution is 2.22. The van der Waals surface area contributed by atoms with Crippen LogP contribution in [0.15, 0.2) is 30.9 Å². The Balaban J connectivity index is 2.09. The lowest BCUT2D eigenvalue weighted by Gasteiger charge is -2.08. The predicted molar refractivity (Wildman–Crippen MR) is 79.6 cm³/mol.